The summed E-state index contributed by atoms with van der Waals surface area (Å²) in [5.41, 5.74) is 1.44. The van der Waals surface area contributed by atoms with Crippen LogP contribution in [-0.4, -0.2) is 58.5 Å². The molecule has 1 spiro atoms. The van der Waals surface area contributed by atoms with Gasteiger partial charge in [0.2, 0.25) is 5.88 Å². The average molecular weight is 444 g/mol. The molecule has 10 heteroatoms. The monoisotopic (exact) mass is 444 g/mol. The maximum absolute atomic E-state index is 10.6. The van der Waals surface area contributed by atoms with Crippen LogP contribution in [0.15, 0.2) is 41.2 Å². The lowest BCUT2D eigenvalue weighted by Gasteiger charge is -2.38. The standard InChI is InChI=1S/C18H22N2O2S.C2HF3O2/c1-2-7-19-17(3-1)22-16-11-18(21-13-16)5-8-20(9-6-18)12-15-4-10-23-14-15;3-2(4,5)1(6)7/h1-4,7,10,14,16H,5-6,8-9,11-13H2;(H,6,7). The molecule has 0 radical (unpaired) electrons. The molecule has 2 aliphatic rings. The molecule has 0 amide bonds. The summed E-state index contributed by atoms with van der Waals surface area (Å²) in [5.74, 6) is -2.06. The molecule has 2 aromatic heterocycles. The Hall–Kier alpha value is -2.17. The van der Waals surface area contributed by atoms with Crippen molar-refractivity contribution < 1.29 is 32.5 Å². The zero-order chi connectivity index (χ0) is 21.6. The van der Waals surface area contributed by atoms with Crippen molar-refractivity contribution in [1.82, 2.24) is 9.88 Å². The maximum Gasteiger partial charge on any atom is 0.490 e. The molecule has 4 rings (SSSR count). The van der Waals surface area contributed by atoms with E-state index < -0.39 is 12.1 Å². The van der Waals surface area contributed by atoms with Crippen molar-refractivity contribution in [2.24, 2.45) is 0 Å². The Kier molecular flexibility index (Phi) is 7.32. The molecule has 0 aliphatic carbocycles. The molecule has 1 unspecified atom stereocenters. The molecule has 2 aliphatic heterocycles. The number of carboxylic acid groups (broad SMARTS) is 1. The second-order valence-electron chi connectivity index (χ2n) is 7.32. The molecule has 2 saturated heterocycles. The number of carbonyl (C=O) groups is 1. The van der Waals surface area contributed by atoms with Crippen molar-refractivity contribution in [3.05, 3.63) is 46.8 Å². The summed E-state index contributed by atoms with van der Waals surface area (Å²) in [6.45, 7) is 3.95. The van der Waals surface area contributed by atoms with Gasteiger partial charge in [0.05, 0.1) is 12.2 Å². The summed E-state index contributed by atoms with van der Waals surface area (Å²) in [6, 6.07) is 7.99. The van der Waals surface area contributed by atoms with Crippen molar-refractivity contribution in [3.63, 3.8) is 0 Å². The highest BCUT2D eigenvalue weighted by Gasteiger charge is 2.43. The number of pyridine rings is 1. The minimum absolute atomic E-state index is 0.0184. The summed E-state index contributed by atoms with van der Waals surface area (Å²) in [6.07, 6.45) is -0.00804. The molecule has 164 valence electrons. The van der Waals surface area contributed by atoms with Crippen LogP contribution >= 0.6 is 11.3 Å². The molecule has 0 aromatic carbocycles. The summed E-state index contributed by atoms with van der Waals surface area (Å²) in [4.78, 5) is 15.7. The van der Waals surface area contributed by atoms with E-state index in [0.717, 1.165) is 38.9 Å². The number of piperidine rings is 1. The fourth-order valence-corrected chi connectivity index (χ4v) is 4.23. The first-order valence-corrected chi connectivity index (χ1v) is 10.5. The van der Waals surface area contributed by atoms with Crippen molar-refractivity contribution in [2.75, 3.05) is 19.7 Å². The topological polar surface area (TPSA) is 71.9 Å². The van der Waals surface area contributed by atoms with E-state index >= 15 is 0 Å². The number of thiophene rings is 1. The molecule has 2 fully saturated rings. The molecule has 4 heterocycles. The summed E-state index contributed by atoms with van der Waals surface area (Å²) < 4.78 is 43.9. The molecular formula is C20H23F3N2O4S. The third kappa shape index (κ3) is 6.41. The van der Waals surface area contributed by atoms with E-state index in [4.69, 9.17) is 19.4 Å². The Balaban J connectivity index is 0.000000318. The Labute approximate surface area is 176 Å². The number of alkyl halides is 3. The Bertz CT molecular complexity index is 794. The van der Waals surface area contributed by atoms with Crippen LogP contribution in [0.4, 0.5) is 13.2 Å². The minimum atomic E-state index is -5.08. The van der Waals surface area contributed by atoms with Gasteiger partial charge in [-0.3, -0.25) is 4.90 Å². The van der Waals surface area contributed by atoms with Crippen molar-refractivity contribution in [1.29, 1.82) is 0 Å². The van der Waals surface area contributed by atoms with Gasteiger partial charge in [-0.2, -0.15) is 24.5 Å². The van der Waals surface area contributed by atoms with E-state index in [-0.39, 0.29) is 11.7 Å². The number of likely N-dealkylation sites (tertiary alicyclic amines) is 1. The van der Waals surface area contributed by atoms with Gasteiger partial charge in [-0.15, -0.1) is 0 Å². The zero-order valence-corrected chi connectivity index (χ0v) is 17.0. The van der Waals surface area contributed by atoms with Crippen LogP contribution in [0.2, 0.25) is 0 Å². The number of carboxylic acids is 1. The molecule has 1 N–H and O–H groups in total. The second kappa shape index (κ2) is 9.76. The normalized spacial score (nSPS) is 21.1. The van der Waals surface area contributed by atoms with Crippen molar-refractivity contribution in [3.8, 4) is 5.88 Å². The number of nitrogens with zero attached hydrogens (tertiary/aromatic N) is 2. The molecular weight excluding hydrogens is 421 g/mol. The van der Waals surface area contributed by atoms with Crippen molar-refractivity contribution in [2.45, 2.75) is 43.7 Å². The number of aromatic nitrogens is 1. The van der Waals surface area contributed by atoms with Crippen LogP contribution in [0.5, 0.6) is 5.88 Å². The third-order valence-electron chi connectivity index (χ3n) is 5.10. The predicted octanol–water partition coefficient (Wildman–Crippen LogP) is 3.98. The van der Waals surface area contributed by atoms with Gasteiger partial charge in [-0.25, -0.2) is 9.78 Å². The zero-order valence-electron chi connectivity index (χ0n) is 16.2. The number of hydrogen-bond acceptors (Lipinski definition) is 6. The minimum Gasteiger partial charge on any atom is -0.475 e. The molecule has 0 bridgehead atoms. The molecule has 1 atom stereocenters. The molecule has 6 nitrogen and oxygen atoms in total. The SMILES string of the molecule is O=C(O)C(F)(F)F.c1ccc(OC2COC3(CCN(Cc4ccsc4)CC3)C2)nc1. The highest BCUT2D eigenvalue weighted by Crippen LogP contribution is 2.37. The van der Waals surface area contributed by atoms with Gasteiger partial charge in [0.1, 0.15) is 6.10 Å². The van der Waals surface area contributed by atoms with E-state index in [1.54, 1.807) is 17.5 Å². The van der Waals surface area contributed by atoms with Gasteiger partial charge in [0.25, 0.3) is 0 Å². The van der Waals surface area contributed by atoms with E-state index in [9.17, 15) is 13.2 Å². The Morgan fingerprint density at radius 3 is 2.63 bits per heavy atom. The van der Waals surface area contributed by atoms with Gasteiger partial charge in [0, 0.05) is 38.3 Å². The quantitative estimate of drug-likeness (QED) is 0.769. The van der Waals surface area contributed by atoms with Crippen LogP contribution in [0.1, 0.15) is 24.8 Å². The lowest BCUT2D eigenvalue weighted by atomic mass is 9.88. The first-order chi connectivity index (χ1) is 14.3. The first kappa shape index (κ1) is 22.5. The van der Waals surface area contributed by atoms with Crippen LogP contribution in [0.25, 0.3) is 0 Å². The van der Waals surface area contributed by atoms with Crippen LogP contribution in [0, 0.1) is 0 Å². The van der Waals surface area contributed by atoms with Crippen LogP contribution in [0.3, 0.4) is 0 Å². The van der Waals surface area contributed by atoms with Gasteiger partial charge in [0.15, 0.2) is 0 Å². The van der Waals surface area contributed by atoms with Crippen LogP contribution < -0.4 is 4.74 Å². The van der Waals surface area contributed by atoms with Gasteiger partial charge < -0.3 is 14.6 Å². The number of ether oxygens (including phenoxy) is 2. The van der Waals surface area contributed by atoms with Gasteiger partial charge in [-0.05, 0) is 41.3 Å². The lowest BCUT2D eigenvalue weighted by molar-refractivity contribution is -0.192. The fraction of sp³-hybridized carbons (Fsp3) is 0.500. The highest BCUT2D eigenvalue weighted by atomic mass is 32.1. The van der Waals surface area contributed by atoms with Crippen LogP contribution in [-0.2, 0) is 16.1 Å². The number of halogens is 3. The average Bonchev–Trinajstić information content (AvgIpc) is 3.35. The number of aliphatic carboxylic acids is 1. The largest absolute Gasteiger partial charge is 0.490 e. The molecule has 0 saturated carbocycles. The number of rotatable bonds is 4. The number of hydrogen-bond donors (Lipinski definition) is 1. The Morgan fingerprint density at radius 1 is 1.33 bits per heavy atom. The third-order valence-corrected chi connectivity index (χ3v) is 5.83. The first-order valence-electron chi connectivity index (χ1n) is 9.51. The maximum atomic E-state index is 10.6. The van der Waals surface area contributed by atoms with E-state index in [0.29, 0.717) is 12.5 Å². The lowest BCUT2D eigenvalue weighted by Crippen LogP contribution is -2.44. The summed E-state index contributed by atoms with van der Waals surface area (Å²) in [7, 11) is 0. The van der Waals surface area contributed by atoms with Gasteiger partial charge in [-0.1, -0.05) is 6.07 Å². The van der Waals surface area contributed by atoms with E-state index in [2.05, 4.69) is 26.7 Å². The van der Waals surface area contributed by atoms with E-state index in [1.165, 1.54) is 5.56 Å². The highest BCUT2D eigenvalue weighted by molar-refractivity contribution is 7.07. The molecule has 30 heavy (non-hydrogen) atoms. The fourth-order valence-electron chi connectivity index (χ4n) is 3.57. The predicted molar refractivity (Wildman–Crippen MR) is 104 cm³/mol. The summed E-state index contributed by atoms with van der Waals surface area (Å²) >= 11 is 1.77. The Morgan fingerprint density at radius 2 is 2.07 bits per heavy atom. The second-order valence-corrected chi connectivity index (χ2v) is 8.10. The smallest absolute Gasteiger partial charge is 0.475 e. The molecule has 2 aromatic rings. The summed E-state index contributed by atoms with van der Waals surface area (Å²) in [5, 5.41) is 11.5. The van der Waals surface area contributed by atoms with Gasteiger partial charge >= 0.3 is 12.1 Å². The van der Waals surface area contributed by atoms with E-state index in [1.807, 2.05) is 18.2 Å². The van der Waals surface area contributed by atoms with Crippen molar-refractivity contribution >= 4 is 17.3 Å².